The summed E-state index contributed by atoms with van der Waals surface area (Å²) in [5.41, 5.74) is 2.92. The second-order valence-corrected chi connectivity index (χ2v) is 7.80. The van der Waals surface area contributed by atoms with E-state index in [1.807, 2.05) is 16.7 Å². The van der Waals surface area contributed by atoms with Gasteiger partial charge >= 0.3 is 0 Å². The first-order valence-corrected chi connectivity index (χ1v) is 10.5. The fraction of sp³-hybridized carbons (Fsp3) is 0.136. The summed E-state index contributed by atoms with van der Waals surface area (Å²) in [5.74, 6) is 1.37. The predicted octanol–water partition coefficient (Wildman–Crippen LogP) is 4.23. The van der Waals surface area contributed by atoms with Gasteiger partial charge in [-0.2, -0.15) is 0 Å². The Bertz CT molecular complexity index is 1260. The van der Waals surface area contributed by atoms with E-state index in [4.69, 9.17) is 9.47 Å². The van der Waals surface area contributed by atoms with Crippen molar-refractivity contribution >= 4 is 34.5 Å². The summed E-state index contributed by atoms with van der Waals surface area (Å²) < 4.78 is 25.7. The SMILES string of the molecule is O=C(Cn1c(SCc2ccc(F)cc2)nc2ncccc21)Nc1ccc2c(c1)OCO2. The number of carbonyl (C=O) groups excluding carboxylic acids is 1. The summed E-state index contributed by atoms with van der Waals surface area (Å²) in [6.45, 7) is 0.248. The quantitative estimate of drug-likeness (QED) is 0.456. The van der Waals surface area contributed by atoms with E-state index >= 15 is 0 Å². The molecule has 0 saturated carbocycles. The van der Waals surface area contributed by atoms with E-state index in [1.165, 1.54) is 23.9 Å². The number of imidazole rings is 1. The van der Waals surface area contributed by atoms with Gasteiger partial charge in [0.15, 0.2) is 22.3 Å². The highest BCUT2D eigenvalue weighted by Gasteiger charge is 2.17. The second kappa shape index (κ2) is 8.27. The van der Waals surface area contributed by atoms with Gasteiger partial charge in [0.05, 0.1) is 5.52 Å². The molecule has 0 bridgehead atoms. The molecular formula is C22H17FN4O3S. The molecule has 0 unspecified atom stereocenters. The lowest BCUT2D eigenvalue weighted by molar-refractivity contribution is -0.116. The third-order valence-electron chi connectivity index (χ3n) is 4.73. The average molecular weight is 436 g/mol. The molecule has 0 aliphatic carbocycles. The topological polar surface area (TPSA) is 78.3 Å². The van der Waals surface area contributed by atoms with Crippen LogP contribution in [0.4, 0.5) is 10.1 Å². The third kappa shape index (κ3) is 4.17. The third-order valence-corrected chi connectivity index (χ3v) is 5.78. The van der Waals surface area contributed by atoms with Crippen LogP contribution < -0.4 is 14.8 Å². The van der Waals surface area contributed by atoms with Crippen LogP contribution in [0.5, 0.6) is 11.5 Å². The molecule has 1 aliphatic rings. The zero-order chi connectivity index (χ0) is 21.2. The molecule has 31 heavy (non-hydrogen) atoms. The van der Waals surface area contributed by atoms with Crippen LogP contribution in [-0.2, 0) is 17.1 Å². The van der Waals surface area contributed by atoms with Gasteiger partial charge in [0.1, 0.15) is 12.4 Å². The fourth-order valence-electron chi connectivity index (χ4n) is 3.25. The van der Waals surface area contributed by atoms with Gasteiger partial charge in [0.2, 0.25) is 12.7 Å². The number of thioether (sulfide) groups is 1. The van der Waals surface area contributed by atoms with Crippen LogP contribution in [0.1, 0.15) is 5.56 Å². The lowest BCUT2D eigenvalue weighted by Crippen LogP contribution is -2.19. The van der Waals surface area contributed by atoms with Crippen molar-refractivity contribution in [3.05, 3.63) is 72.2 Å². The Morgan fingerprint density at radius 1 is 1.13 bits per heavy atom. The summed E-state index contributed by atoms with van der Waals surface area (Å²) >= 11 is 1.47. The van der Waals surface area contributed by atoms with Crippen LogP contribution in [0.2, 0.25) is 0 Å². The first-order valence-electron chi connectivity index (χ1n) is 9.54. The van der Waals surface area contributed by atoms with E-state index in [1.54, 1.807) is 36.5 Å². The summed E-state index contributed by atoms with van der Waals surface area (Å²) in [6.07, 6.45) is 1.67. The lowest BCUT2D eigenvalue weighted by atomic mass is 10.2. The number of hydrogen-bond acceptors (Lipinski definition) is 6. The van der Waals surface area contributed by atoms with Gasteiger partial charge in [-0.3, -0.25) is 4.79 Å². The van der Waals surface area contributed by atoms with Gasteiger partial charge in [-0.25, -0.2) is 14.4 Å². The molecule has 7 nitrogen and oxygen atoms in total. The number of rotatable bonds is 6. The molecule has 0 spiro atoms. The van der Waals surface area contributed by atoms with Crippen molar-refractivity contribution in [3.63, 3.8) is 0 Å². The maximum absolute atomic E-state index is 13.2. The molecule has 0 saturated heterocycles. The normalized spacial score (nSPS) is 12.3. The molecule has 5 rings (SSSR count). The predicted molar refractivity (Wildman–Crippen MR) is 115 cm³/mol. The van der Waals surface area contributed by atoms with Gasteiger partial charge in [-0.15, -0.1) is 0 Å². The Morgan fingerprint density at radius 2 is 1.97 bits per heavy atom. The largest absolute Gasteiger partial charge is 0.454 e. The minimum absolute atomic E-state index is 0.0718. The Morgan fingerprint density at radius 3 is 2.84 bits per heavy atom. The number of nitrogens with one attached hydrogen (secondary N) is 1. The molecule has 3 heterocycles. The molecule has 156 valence electrons. The molecule has 1 N–H and O–H groups in total. The number of amides is 1. The van der Waals surface area contributed by atoms with Crippen molar-refractivity contribution < 1.29 is 18.7 Å². The van der Waals surface area contributed by atoms with Crippen molar-refractivity contribution in [2.75, 3.05) is 12.1 Å². The number of fused-ring (bicyclic) bond motifs is 2. The Kier molecular flexibility index (Phi) is 5.17. The minimum Gasteiger partial charge on any atom is -0.454 e. The van der Waals surface area contributed by atoms with E-state index in [2.05, 4.69) is 15.3 Å². The highest BCUT2D eigenvalue weighted by atomic mass is 32.2. The average Bonchev–Trinajstić information content (AvgIpc) is 3.38. The molecule has 2 aromatic carbocycles. The number of carbonyl (C=O) groups is 1. The Hall–Kier alpha value is -3.59. The molecule has 1 aliphatic heterocycles. The van der Waals surface area contributed by atoms with Crippen molar-refractivity contribution in [2.45, 2.75) is 17.5 Å². The second-order valence-electron chi connectivity index (χ2n) is 6.86. The van der Waals surface area contributed by atoms with Crippen LogP contribution in [-0.4, -0.2) is 27.2 Å². The maximum Gasteiger partial charge on any atom is 0.244 e. The van der Waals surface area contributed by atoms with Crippen LogP contribution in [0, 0.1) is 5.82 Å². The zero-order valence-corrected chi connectivity index (χ0v) is 17.1. The smallest absolute Gasteiger partial charge is 0.244 e. The summed E-state index contributed by atoms with van der Waals surface area (Å²) in [7, 11) is 0. The van der Waals surface area contributed by atoms with Crippen molar-refractivity contribution in [2.24, 2.45) is 0 Å². The van der Waals surface area contributed by atoms with Crippen molar-refractivity contribution in [1.29, 1.82) is 0 Å². The first-order chi connectivity index (χ1) is 15.2. The van der Waals surface area contributed by atoms with Gasteiger partial charge < -0.3 is 19.4 Å². The molecule has 2 aromatic heterocycles. The number of benzene rings is 2. The first kappa shape index (κ1) is 19.4. The molecule has 0 fully saturated rings. The van der Waals surface area contributed by atoms with Gasteiger partial charge in [-0.1, -0.05) is 23.9 Å². The highest BCUT2D eigenvalue weighted by Crippen LogP contribution is 2.34. The van der Waals surface area contributed by atoms with Crippen molar-refractivity contribution in [1.82, 2.24) is 14.5 Å². The fourth-order valence-corrected chi connectivity index (χ4v) is 4.21. The standard InChI is InChI=1S/C22H17FN4O3S/c23-15-5-3-14(4-6-15)12-31-22-26-21-17(2-1-9-24-21)27(22)11-20(28)25-16-7-8-18-19(10-16)30-13-29-18/h1-10H,11-13H2,(H,25,28). The Labute approximate surface area is 181 Å². The summed E-state index contributed by atoms with van der Waals surface area (Å²) in [5, 5.41) is 3.55. The lowest BCUT2D eigenvalue weighted by Gasteiger charge is -2.10. The molecule has 1 amide bonds. The molecule has 0 atom stereocenters. The zero-order valence-electron chi connectivity index (χ0n) is 16.2. The Balaban J connectivity index is 1.35. The van der Waals surface area contributed by atoms with Crippen molar-refractivity contribution in [3.8, 4) is 11.5 Å². The van der Waals surface area contributed by atoms with E-state index in [-0.39, 0.29) is 25.1 Å². The molecule has 9 heteroatoms. The van der Waals surface area contributed by atoms with Gasteiger partial charge in [0.25, 0.3) is 0 Å². The van der Waals surface area contributed by atoms with Crippen LogP contribution in [0.3, 0.4) is 0 Å². The minimum atomic E-state index is -0.273. The number of aromatic nitrogens is 3. The van der Waals surface area contributed by atoms with Crippen LogP contribution in [0.15, 0.2) is 66.0 Å². The van der Waals surface area contributed by atoms with E-state index in [0.717, 1.165) is 11.1 Å². The van der Waals surface area contributed by atoms with E-state index in [9.17, 15) is 9.18 Å². The molecule has 0 radical (unpaired) electrons. The number of ether oxygens (including phenoxy) is 2. The molecular weight excluding hydrogens is 419 g/mol. The van der Waals surface area contributed by atoms with E-state index in [0.29, 0.717) is 33.7 Å². The van der Waals surface area contributed by atoms with Gasteiger partial charge in [-0.05, 0) is 42.0 Å². The number of anilines is 1. The molecule has 4 aromatic rings. The number of halogens is 1. The monoisotopic (exact) mass is 436 g/mol. The highest BCUT2D eigenvalue weighted by molar-refractivity contribution is 7.98. The van der Waals surface area contributed by atoms with Crippen LogP contribution in [0.25, 0.3) is 11.2 Å². The summed E-state index contributed by atoms with van der Waals surface area (Å²) in [4.78, 5) is 21.7. The summed E-state index contributed by atoms with van der Waals surface area (Å²) in [6, 6.07) is 15.3. The number of nitrogens with zero attached hydrogens (tertiary/aromatic N) is 3. The van der Waals surface area contributed by atoms with Crippen LogP contribution >= 0.6 is 11.8 Å². The van der Waals surface area contributed by atoms with E-state index < -0.39 is 0 Å². The maximum atomic E-state index is 13.2. The number of hydrogen-bond donors (Lipinski definition) is 1. The number of pyridine rings is 1. The van der Waals surface area contributed by atoms with Gasteiger partial charge in [0, 0.05) is 23.7 Å².